The Bertz CT molecular complexity index is 473. The van der Waals surface area contributed by atoms with Gasteiger partial charge in [0, 0.05) is 29.3 Å². The van der Waals surface area contributed by atoms with Crippen LogP contribution in [0.25, 0.3) is 0 Å². The molecule has 0 radical (unpaired) electrons. The van der Waals surface area contributed by atoms with E-state index in [1.807, 2.05) is 23.6 Å². The Morgan fingerprint density at radius 2 is 2.16 bits per heavy atom. The third-order valence-corrected chi connectivity index (χ3v) is 4.71. The molecule has 0 saturated carbocycles. The van der Waals surface area contributed by atoms with Gasteiger partial charge in [-0.25, -0.2) is 9.97 Å². The molecule has 0 unspecified atom stereocenters. The zero-order chi connectivity index (χ0) is 14.0. The van der Waals surface area contributed by atoms with Gasteiger partial charge in [-0.2, -0.15) is 11.8 Å². The Morgan fingerprint density at radius 1 is 1.42 bits per heavy atom. The molecule has 1 amide bonds. The molecule has 0 bridgehead atoms. The molecule has 19 heavy (non-hydrogen) atoms. The Balaban J connectivity index is 2.15. The van der Waals surface area contributed by atoms with Gasteiger partial charge in [-0.15, -0.1) is 0 Å². The number of aryl methyl sites for hydroxylation is 1. The molecule has 0 aromatic carbocycles. The number of carbonyl (C=O) groups excluding carboxylic acids is 1. The lowest BCUT2D eigenvalue weighted by Crippen LogP contribution is -2.34. The summed E-state index contributed by atoms with van der Waals surface area (Å²) in [5.74, 6) is 0.905. The number of thioether (sulfide) groups is 1. The minimum absolute atomic E-state index is 0.0503. The van der Waals surface area contributed by atoms with E-state index in [4.69, 9.17) is 11.6 Å². The summed E-state index contributed by atoms with van der Waals surface area (Å²) in [5.41, 5.74) is 1.11. The van der Waals surface area contributed by atoms with Crippen molar-refractivity contribution >= 4 is 29.3 Å². The fourth-order valence-electron chi connectivity index (χ4n) is 2.03. The number of aromatic nitrogens is 2. The highest BCUT2D eigenvalue weighted by molar-refractivity contribution is 8.00. The van der Waals surface area contributed by atoms with Crippen LogP contribution in [-0.2, 0) is 0 Å². The normalized spacial score (nSPS) is 19.1. The molecule has 104 valence electrons. The minimum Gasteiger partial charge on any atom is -0.336 e. The first-order valence-corrected chi connectivity index (χ1v) is 7.68. The molecule has 1 aliphatic rings. The number of hydrogen-bond donors (Lipinski definition) is 0. The molecule has 0 atom stereocenters. The maximum absolute atomic E-state index is 12.4. The van der Waals surface area contributed by atoms with Gasteiger partial charge in [0.2, 0.25) is 5.28 Å². The van der Waals surface area contributed by atoms with E-state index >= 15 is 0 Å². The zero-order valence-electron chi connectivity index (χ0n) is 11.4. The number of halogens is 1. The summed E-state index contributed by atoms with van der Waals surface area (Å²) in [6.07, 6.45) is 0.987. The van der Waals surface area contributed by atoms with Crippen LogP contribution in [0.2, 0.25) is 5.28 Å². The summed E-state index contributed by atoms with van der Waals surface area (Å²) in [6, 6.07) is 1.69. The standard InChI is InChI=1S/C13H18ClN3OS/c1-9-8-10(16-12(14)15-9)11(18)17-5-4-13(2,3)19-7-6-17/h8H,4-7H2,1-3H3. The van der Waals surface area contributed by atoms with Crippen LogP contribution in [-0.4, -0.2) is 44.4 Å². The number of carbonyl (C=O) groups is 1. The Kier molecular flexibility index (Phi) is 4.36. The predicted molar refractivity (Wildman–Crippen MR) is 78.8 cm³/mol. The Labute approximate surface area is 122 Å². The van der Waals surface area contributed by atoms with Crippen molar-refractivity contribution in [2.24, 2.45) is 0 Å². The third-order valence-electron chi connectivity index (χ3n) is 3.17. The van der Waals surface area contributed by atoms with Crippen LogP contribution < -0.4 is 0 Å². The summed E-state index contributed by atoms with van der Waals surface area (Å²) in [6.45, 7) is 7.77. The molecule has 1 aromatic rings. The quantitative estimate of drug-likeness (QED) is 0.748. The highest BCUT2D eigenvalue weighted by atomic mass is 35.5. The van der Waals surface area contributed by atoms with Gasteiger partial charge in [0.1, 0.15) is 5.69 Å². The van der Waals surface area contributed by atoms with Crippen LogP contribution >= 0.6 is 23.4 Å². The number of hydrogen-bond acceptors (Lipinski definition) is 4. The molecule has 0 aliphatic carbocycles. The summed E-state index contributed by atoms with van der Waals surface area (Å²) >= 11 is 7.72. The van der Waals surface area contributed by atoms with E-state index in [-0.39, 0.29) is 15.9 Å². The number of nitrogens with zero attached hydrogens (tertiary/aromatic N) is 3. The molecule has 1 fully saturated rings. The average molecular weight is 300 g/mol. The molecule has 1 aromatic heterocycles. The lowest BCUT2D eigenvalue weighted by Gasteiger charge is -2.22. The van der Waals surface area contributed by atoms with Crippen molar-refractivity contribution in [3.05, 3.63) is 22.7 Å². The monoisotopic (exact) mass is 299 g/mol. The smallest absolute Gasteiger partial charge is 0.272 e. The van der Waals surface area contributed by atoms with E-state index in [0.717, 1.165) is 25.3 Å². The number of amides is 1. The van der Waals surface area contributed by atoms with Crippen molar-refractivity contribution in [2.45, 2.75) is 31.9 Å². The van der Waals surface area contributed by atoms with Crippen molar-refractivity contribution in [1.82, 2.24) is 14.9 Å². The van der Waals surface area contributed by atoms with Crippen LogP contribution in [0.1, 0.15) is 36.5 Å². The minimum atomic E-state index is -0.0503. The van der Waals surface area contributed by atoms with Gasteiger partial charge < -0.3 is 4.90 Å². The first kappa shape index (κ1) is 14.6. The molecular formula is C13H18ClN3OS. The van der Waals surface area contributed by atoms with Gasteiger partial charge in [-0.1, -0.05) is 13.8 Å². The van der Waals surface area contributed by atoms with Gasteiger partial charge >= 0.3 is 0 Å². The average Bonchev–Trinajstić information content (AvgIpc) is 2.48. The second-order valence-electron chi connectivity index (χ2n) is 5.31. The lowest BCUT2D eigenvalue weighted by atomic mass is 10.1. The Hall–Kier alpha value is -0.810. The van der Waals surface area contributed by atoms with Crippen LogP contribution in [0.3, 0.4) is 0 Å². The highest BCUT2D eigenvalue weighted by Crippen LogP contribution is 2.31. The Morgan fingerprint density at radius 3 is 2.84 bits per heavy atom. The molecule has 0 spiro atoms. The van der Waals surface area contributed by atoms with E-state index < -0.39 is 0 Å². The van der Waals surface area contributed by atoms with Crippen LogP contribution in [0.5, 0.6) is 0 Å². The van der Waals surface area contributed by atoms with Crippen LogP contribution in [0.15, 0.2) is 6.07 Å². The first-order chi connectivity index (χ1) is 8.87. The third kappa shape index (κ3) is 3.83. The largest absolute Gasteiger partial charge is 0.336 e. The van der Waals surface area contributed by atoms with Crippen molar-refractivity contribution in [1.29, 1.82) is 0 Å². The predicted octanol–water partition coefficient (Wildman–Crippen LogP) is 2.80. The molecule has 6 heteroatoms. The van der Waals surface area contributed by atoms with Crippen LogP contribution in [0, 0.1) is 6.92 Å². The molecule has 2 heterocycles. The van der Waals surface area contributed by atoms with E-state index in [1.54, 1.807) is 6.07 Å². The first-order valence-electron chi connectivity index (χ1n) is 6.32. The molecule has 4 nitrogen and oxygen atoms in total. The zero-order valence-corrected chi connectivity index (χ0v) is 13.0. The van der Waals surface area contributed by atoms with E-state index in [1.165, 1.54) is 0 Å². The van der Waals surface area contributed by atoms with Gasteiger partial charge in [0.15, 0.2) is 0 Å². The van der Waals surface area contributed by atoms with Crippen molar-refractivity contribution in [3.8, 4) is 0 Å². The van der Waals surface area contributed by atoms with E-state index in [9.17, 15) is 4.79 Å². The van der Waals surface area contributed by atoms with Gasteiger partial charge in [0.05, 0.1) is 0 Å². The van der Waals surface area contributed by atoms with Gasteiger partial charge in [0.25, 0.3) is 5.91 Å². The van der Waals surface area contributed by atoms with Crippen molar-refractivity contribution in [2.75, 3.05) is 18.8 Å². The summed E-state index contributed by atoms with van der Waals surface area (Å²) in [5, 5.41) is 0.132. The van der Waals surface area contributed by atoms with E-state index in [0.29, 0.717) is 11.4 Å². The van der Waals surface area contributed by atoms with E-state index in [2.05, 4.69) is 23.8 Å². The second-order valence-corrected chi connectivity index (χ2v) is 7.45. The SMILES string of the molecule is Cc1cc(C(=O)N2CCSC(C)(C)CC2)nc(Cl)n1. The molecular weight excluding hydrogens is 282 g/mol. The second kappa shape index (κ2) is 5.67. The molecule has 0 N–H and O–H groups in total. The van der Waals surface area contributed by atoms with Gasteiger partial charge in [-0.3, -0.25) is 4.79 Å². The fraction of sp³-hybridized carbons (Fsp3) is 0.615. The summed E-state index contributed by atoms with van der Waals surface area (Å²) in [4.78, 5) is 22.3. The maximum atomic E-state index is 12.4. The number of rotatable bonds is 1. The van der Waals surface area contributed by atoms with Crippen LogP contribution in [0.4, 0.5) is 0 Å². The summed E-state index contributed by atoms with van der Waals surface area (Å²) < 4.78 is 0.230. The maximum Gasteiger partial charge on any atom is 0.272 e. The topological polar surface area (TPSA) is 46.1 Å². The van der Waals surface area contributed by atoms with Gasteiger partial charge in [-0.05, 0) is 31.0 Å². The summed E-state index contributed by atoms with van der Waals surface area (Å²) in [7, 11) is 0. The van der Waals surface area contributed by atoms with Crippen molar-refractivity contribution < 1.29 is 4.79 Å². The van der Waals surface area contributed by atoms with Crippen molar-refractivity contribution in [3.63, 3.8) is 0 Å². The highest BCUT2D eigenvalue weighted by Gasteiger charge is 2.27. The fourth-order valence-corrected chi connectivity index (χ4v) is 3.35. The molecule has 1 aliphatic heterocycles. The molecule has 2 rings (SSSR count). The molecule has 1 saturated heterocycles. The lowest BCUT2D eigenvalue weighted by molar-refractivity contribution is 0.0758.